The molecule has 1 aromatic carbocycles. The van der Waals surface area contributed by atoms with Crippen molar-refractivity contribution >= 4 is 40.7 Å². The Bertz CT molecular complexity index is 782. The lowest BCUT2D eigenvalue weighted by molar-refractivity contribution is -0.143. The quantitative estimate of drug-likeness (QED) is 0.732. The Labute approximate surface area is 150 Å². The van der Waals surface area contributed by atoms with Crippen LogP contribution >= 0.6 is 23.2 Å². The van der Waals surface area contributed by atoms with E-state index in [0.717, 1.165) is 18.5 Å². The van der Waals surface area contributed by atoms with Crippen molar-refractivity contribution < 1.29 is 14.3 Å². The molecule has 0 saturated carbocycles. The molecule has 0 N–H and O–H groups in total. The Morgan fingerprint density at radius 1 is 1.29 bits per heavy atom. The molecule has 6 heteroatoms. The van der Waals surface area contributed by atoms with Crippen molar-refractivity contribution in [1.29, 1.82) is 0 Å². The number of nitrogens with zero attached hydrogens (tertiary/aromatic N) is 1. The highest BCUT2D eigenvalue weighted by Crippen LogP contribution is 2.46. The van der Waals surface area contributed by atoms with Crippen molar-refractivity contribution in [2.24, 2.45) is 10.9 Å². The number of rotatable bonds is 2. The predicted octanol–water partition coefficient (Wildman–Crippen LogP) is 4.35. The Morgan fingerprint density at radius 3 is 2.75 bits per heavy atom. The van der Waals surface area contributed by atoms with Crippen LogP contribution in [0.4, 0.5) is 0 Å². The van der Waals surface area contributed by atoms with Crippen molar-refractivity contribution in [2.45, 2.75) is 32.1 Å². The summed E-state index contributed by atoms with van der Waals surface area (Å²) in [4.78, 5) is 29.6. The summed E-state index contributed by atoms with van der Waals surface area (Å²) in [7, 11) is 1.33. The number of allylic oxidation sites excluding steroid dienone is 2. The first kappa shape index (κ1) is 17.2. The van der Waals surface area contributed by atoms with E-state index in [1.807, 2.05) is 0 Å². The van der Waals surface area contributed by atoms with Gasteiger partial charge < -0.3 is 4.74 Å². The highest BCUT2D eigenvalue weighted by Gasteiger charge is 2.43. The second-order valence-electron chi connectivity index (χ2n) is 6.01. The molecular formula is C18H17Cl2NO3. The third-order valence-electron chi connectivity index (χ3n) is 4.61. The normalized spacial score (nSPS) is 23.7. The molecule has 0 radical (unpaired) electrons. The second-order valence-corrected chi connectivity index (χ2v) is 6.80. The number of hydrogen-bond acceptors (Lipinski definition) is 4. The van der Waals surface area contributed by atoms with Gasteiger partial charge in [-0.25, -0.2) is 0 Å². The topological polar surface area (TPSA) is 55.7 Å². The van der Waals surface area contributed by atoms with Crippen LogP contribution in [0, 0.1) is 5.92 Å². The van der Waals surface area contributed by atoms with E-state index in [2.05, 4.69) is 4.99 Å². The molecule has 1 aliphatic carbocycles. The number of carbonyl (C=O) groups is 2. The molecular weight excluding hydrogens is 349 g/mol. The van der Waals surface area contributed by atoms with Crippen LogP contribution in [0.15, 0.2) is 34.5 Å². The highest BCUT2D eigenvalue weighted by molar-refractivity contribution is 6.42. The van der Waals surface area contributed by atoms with Crippen molar-refractivity contribution in [3.63, 3.8) is 0 Å². The maximum Gasteiger partial charge on any atom is 0.315 e. The fourth-order valence-electron chi connectivity index (χ4n) is 3.54. The molecule has 2 atom stereocenters. The van der Waals surface area contributed by atoms with Gasteiger partial charge in [0, 0.05) is 29.3 Å². The van der Waals surface area contributed by atoms with Crippen LogP contribution in [0.1, 0.15) is 37.7 Å². The Kier molecular flexibility index (Phi) is 4.79. The minimum atomic E-state index is -0.674. The second kappa shape index (κ2) is 6.69. The van der Waals surface area contributed by atoms with Crippen molar-refractivity contribution in [2.75, 3.05) is 7.11 Å². The van der Waals surface area contributed by atoms with Gasteiger partial charge in [0.25, 0.3) is 0 Å². The molecule has 1 aliphatic heterocycles. The summed E-state index contributed by atoms with van der Waals surface area (Å²) in [5, 5.41) is 0.751. The smallest absolute Gasteiger partial charge is 0.315 e. The summed E-state index contributed by atoms with van der Waals surface area (Å²) in [6, 6.07) is 5.26. The molecule has 3 rings (SSSR count). The molecule has 0 bridgehead atoms. The maximum absolute atomic E-state index is 12.6. The third kappa shape index (κ3) is 2.78. The zero-order valence-corrected chi connectivity index (χ0v) is 14.9. The van der Waals surface area contributed by atoms with Gasteiger partial charge in [0.1, 0.15) is 5.92 Å². The number of hydrogen-bond donors (Lipinski definition) is 0. The van der Waals surface area contributed by atoms with E-state index >= 15 is 0 Å². The zero-order chi connectivity index (χ0) is 17.4. The molecule has 0 amide bonds. The van der Waals surface area contributed by atoms with Crippen LogP contribution in [0.25, 0.3) is 0 Å². The fraction of sp³-hybridized carbons (Fsp3) is 0.389. The summed E-state index contributed by atoms with van der Waals surface area (Å²) in [6.45, 7) is 1.79. The van der Waals surface area contributed by atoms with E-state index in [1.165, 1.54) is 7.11 Å². The Hall–Kier alpha value is -1.65. The van der Waals surface area contributed by atoms with Crippen LogP contribution < -0.4 is 0 Å². The third-order valence-corrected chi connectivity index (χ3v) is 5.44. The summed E-state index contributed by atoms with van der Waals surface area (Å²) in [5.74, 6) is -1.60. The van der Waals surface area contributed by atoms with Crippen LogP contribution in [-0.4, -0.2) is 24.6 Å². The number of Topliss-reactive ketones (excluding diaryl/α,β-unsaturated/α-hetero) is 1. The molecule has 0 aromatic heterocycles. The van der Waals surface area contributed by atoms with Gasteiger partial charge >= 0.3 is 5.97 Å². The maximum atomic E-state index is 12.6. The molecule has 0 saturated heterocycles. The lowest BCUT2D eigenvalue weighted by atomic mass is 9.72. The van der Waals surface area contributed by atoms with Gasteiger partial charge in [0.2, 0.25) is 0 Å². The SMILES string of the molecule is COC(=O)C1C(C)=NC2=C(C(=O)CCC2)[C@@H]1c1cccc(Cl)c1Cl. The molecule has 1 unspecified atom stereocenters. The zero-order valence-electron chi connectivity index (χ0n) is 13.4. The van der Waals surface area contributed by atoms with E-state index in [-0.39, 0.29) is 5.78 Å². The minimum Gasteiger partial charge on any atom is -0.468 e. The van der Waals surface area contributed by atoms with Gasteiger partial charge in [-0.05, 0) is 31.4 Å². The molecule has 126 valence electrons. The van der Waals surface area contributed by atoms with Crippen molar-refractivity contribution in [3.8, 4) is 0 Å². The standard InChI is InChI=1S/C18H17Cl2NO3/c1-9-14(18(23)24-2)15(10-5-3-6-11(19)17(10)20)16-12(21-9)7-4-8-13(16)22/h3,5-6,14-15H,4,7-8H2,1-2H3/t14?,15-/m1/s1. The Balaban J connectivity index is 2.24. The first-order chi connectivity index (χ1) is 11.5. The average molecular weight is 366 g/mol. The van der Waals surface area contributed by atoms with E-state index in [1.54, 1.807) is 25.1 Å². The molecule has 24 heavy (non-hydrogen) atoms. The first-order valence-electron chi connectivity index (χ1n) is 7.78. The minimum absolute atomic E-state index is 0.0162. The number of carbonyl (C=O) groups excluding carboxylic acids is 2. The van der Waals surface area contributed by atoms with Crippen molar-refractivity contribution in [3.05, 3.63) is 45.1 Å². The van der Waals surface area contributed by atoms with E-state index in [9.17, 15) is 9.59 Å². The van der Waals surface area contributed by atoms with Gasteiger partial charge in [0.15, 0.2) is 5.78 Å². The van der Waals surface area contributed by atoms with Gasteiger partial charge in [0.05, 0.1) is 17.2 Å². The highest BCUT2D eigenvalue weighted by atomic mass is 35.5. The molecule has 1 aromatic rings. The number of aliphatic imine (C=N–C) groups is 1. The number of ether oxygens (including phenoxy) is 1. The lowest BCUT2D eigenvalue weighted by Gasteiger charge is -2.34. The lowest BCUT2D eigenvalue weighted by Crippen LogP contribution is -2.37. The predicted molar refractivity (Wildman–Crippen MR) is 93.7 cm³/mol. The first-order valence-corrected chi connectivity index (χ1v) is 8.54. The summed E-state index contributed by atoms with van der Waals surface area (Å²) in [6.07, 6.45) is 1.95. The van der Waals surface area contributed by atoms with Crippen molar-refractivity contribution in [1.82, 2.24) is 0 Å². The summed E-state index contributed by atoms with van der Waals surface area (Å²) >= 11 is 12.6. The fourth-order valence-corrected chi connectivity index (χ4v) is 3.96. The monoisotopic (exact) mass is 365 g/mol. The molecule has 0 spiro atoms. The van der Waals surface area contributed by atoms with Crippen LogP contribution in [0.5, 0.6) is 0 Å². The molecule has 2 aliphatic rings. The summed E-state index contributed by atoms with van der Waals surface area (Å²) in [5.41, 5.74) is 2.63. The van der Waals surface area contributed by atoms with E-state index in [4.69, 9.17) is 27.9 Å². The van der Waals surface area contributed by atoms with Gasteiger partial charge in [-0.2, -0.15) is 0 Å². The number of esters is 1. The number of ketones is 1. The number of methoxy groups -OCH3 is 1. The number of benzene rings is 1. The largest absolute Gasteiger partial charge is 0.468 e. The number of halogens is 2. The summed E-state index contributed by atoms with van der Waals surface area (Å²) < 4.78 is 4.97. The molecule has 1 heterocycles. The van der Waals surface area contributed by atoms with E-state index in [0.29, 0.717) is 33.3 Å². The average Bonchev–Trinajstić information content (AvgIpc) is 2.56. The molecule has 4 nitrogen and oxygen atoms in total. The van der Waals surface area contributed by atoms with Gasteiger partial charge in [-0.1, -0.05) is 35.3 Å². The van der Waals surface area contributed by atoms with Crippen LogP contribution in [-0.2, 0) is 14.3 Å². The van der Waals surface area contributed by atoms with Crippen LogP contribution in [0.3, 0.4) is 0 Å². The van der Waals surface area contributed by atoms with Gasteiger partial charge in [-0.3, -0.25) is 14.6 Å². The van der Waals surface area contributed by atoms with Gasteiger partial charge in [-0.15, -0.1) is 0 Å². The molecule has 0 fully saturated rings. The Morgan fingerprint density at radius 2 is 2.04 bits per heavy atom. The van der Waals surface area contributed by atoms with Crippen LogP contribution in [0.2, 0.25) is 10.0 Å². The van der Waals surface area contributed by atoms with E-state index < -0.39 is 17.8 Å².